The molecule has 1 amide bonds. The maximum atomic E-state index is 11.8. The Hall–Kier alpha value is -2.34. The second-order valence-corrected chi connectivity index (χ2v) is 4.77. The highest BCUT2D eigenvalue weighted by Crippen LogP contribution is 2.14. The highest BCUT2D eigenvalue weighted by molar-refractivity contribution is 6.30. The number of anilines is 1. The van der Waals surface area contributed by atoms with Crippen LogP contribution in [0.25, 0.3) is 0 Å². The van der Waals surface area contributed by atoms with E-state index in [0.717, 1.165) is 0 Å². The van der Waals surface area contributed by atoms with Crippen LogP contribution < -0.4 is 5.32 Å². The fourth-order valence-corrected chi connectivity index (χ4v) is 1.83. The molecule has 1 heterocycles. The number of hydrogen-bond acceptors (Lipinski definition) is 5. The standard InChI is InChI=1S/C14H13ClN2O4/c1-8-13(9(2)21-17-8)14(19)20-7-12(18)16-11-5-3-10(15)4-6-11/h3-6H,7H2,1-2H3,(H,16,18). The Bertz CT molecular complexity index is 645. The highest BCUT2D eigenvalue weighted by Gasteiger charge is 2.19. The molecule has 110 valence electrons. The quantitative estimate of drug-likeness (QED) is 0.878. The van der Waals surface area contributed by atoms with E-state index in [2.05, 4.69) is 10.5 Å². The first kappa shape index (κ1) is 15.1. The van der Waals surface area contributed by atoms with Gasteiger partial charge in [-0.3, -0.25) is 4.79 Å². The SMILES string of the molecule is Cc1noc(C)c1C(=O)OCC(=O)Nc1ccc(Cl)cc1. The van der Waals surface area contributed by atoms with Crippen LogP contribution in [0.1, 0.15) is 21.8 Å². The van der Waals surface area contributed by atoms with Gasteiger partial charge in [-0.2, -0.15) is 0 Å². The van der Waals surface area contributed by atoms with Gasteiger partial charge in [0.25, 0.3) is 5.91 Å². The molecule has 0 saturated heterocycles. The number of benzene rings is 1. The Morgan fingerprint density at radius 2 is 1.95 bits per heavy atom. The fourth-order valence-electron chi connectivity index (χ4n) is 1.71. The summed E-state index contributed by atoms with van der Waals surface area (Å²) in [5, 5.41) is 6.80. The van der Waals surface area contributed by atoms with E-state index in [9.17, 15) is 9.59 Å². The van der Waals surface area contributed by atoms with E-state index in [0.29, 0.717) is 22.2 Å². The van der Waals surface area contributed by atoms with Crippen molar-refractivity contribution in [2.24, 2.45) is 0 Å². The Labute approximate surface area is 126 Å². The minimum Gasteiger partial charge on any atom is -0.452 e. The van der Waals surface area contributed by atoms with E-state index in [1.165, 1.54) is 0 Å². The number of carbonyl (C=O) groups is 2. The molecule has 0 radical (unpaired) electrons. The summed E-state index contributed by atoms with van der Waals surface area (Å²) in [6.07, 6.45) is 0. The first-order valence-electron chi connectivity index (χ1n) is 6.13. The third-order valence-electron chi connectivity index (χ3n) is 2.70. The number of aromatic nitrogens is 1. The zero-order valence-corrected chi connectivity index (χ0v) is 12.2. The van der Waals surface area contributed by atoms with Crippen molar-refractivity contribution in [2.45, 2.75) is 13.8 Å². The van der Waals surface area contributed by atoms with Gasteiger partial charge in [0, 0.05) is 10.7 Å². The Kier molecular flexibility index (Phi) is 4.59. The zero-order valence-electron chi connectivity index (χ0n) is 11.5. The predicted molar refractivity (Wildman–Crippen MR) is 76.3 cm³/mol. The molecule has 0 aliphatic rings. The Morgan fingerprint density at radius 1 is 1.29 bits per heavy atom. The predicted octanol–water partition coefficient (Wildman–Crippen LogP) is 2.74. The van der Waals surface area contributed by atoms with Crippen molar-refractivity contribution in [1.29, 1.82) is 0 Å². The van der Waals surface area contributed by atoms with Crippen LogP contribution >= 0.6 is 11.6 Å². The molecule has 0 atom stereocenters. The molecule has 0 aliphatic heterocycles. The third kappa shape index (κ3) is 3.82. The lowest BCUT2D eigenvalue weighted by Gasteiger charge is -2.06. The second-order valence-electron chi connectivity index (χ2n) is 4.33. The van der Waals surface area contributed by atoms with Gasteiger partial charge in [0.15, 0.2) is 6.61 Å². The molecular formula is C14H13ClN2O4. The molecule has 7 heteroatoms. The highest BCUT2D eigenvalue weighted by atomic mass is 35.5. The van der Waals surface area contributed by atoms with Gasteiger partial charge in [0.05, 0.1) is 5.69 Å². The normalized spacial score (nSPS) is 10.2. The van der Waals surface area contributed by atoms with Crippen molar-refractivity contribution >= 4 is 29.2 Å². The number of amides is 1. The molecule has 2 aromatic rings. The van der Waals surface area contributed by atoms with E-state index in [1.807, 2.05) is 0 Å². The van der Waals surface area contributed by atoms with Crippen LogP contribution in [0.4, 0.5) is 5.69 Å². The van der Waals surface area contributed by atoms with Crippen LogP contribution in [0.2, 0.25) is 5.02 Å². The number of rotatable bonds is 4. The lowest BCUT2D eigenvalue weighted by molar-refractivity contribution is -0.119. The van der Waals surface area contributed by atoms with Crippen molar-refractivity contribution in [3.05, 3.63) is 46.3 Å². The van der Waals surface area contributed by atoms with Crippen LogP contribution in [0.5, 0.6) is 0 Å². The van der Waals surface area contributed by atoms with Gasteiger partial charge < -0.3 is 14.6 Å². The summed E-state index contributed by atoms with van der Waals surface area (Å²) in [6, 6.07) is 6.59. The maximum absolute atomic E-state index is 11.8. The van der Waals surface area contributed by atoms with Gasteiger partial charge in [0.1, 0.15) is 11.3 Å². The third-order valence-corrected chi connectivity index (χ3v) is 2.95. The average Bonchev–Trinajstić information content (AvgIpc) is 2.78. The van der Waals surface area contributed by atoms with Crippen LogP contribution in [-0.4, -0.2) is 23.6 Å². The lowest BCUT2D eigenvalue weighted by atomic mass is 10.2. The molecule has 2 rings (SSSR count). The topological polar surface area (TPSA) is 81.4 Å². The lowest BCUT2D eigenvalue weighted by Crippen LogP contribution is -2.21. The average molecular weight is 309 g/mol. The van der Waals surface area contributed by atoms with Crippen LogP contribution in [0.3, 0.4) is 0 Å². The van der Waals surface area contributed by atoms with Crippen molar-refractivity contribution in [3.63, 3.8) is 0 Å². The minimum absolute atomic E-state index is 0.245. The molecule has 1 aromatic carbocycles. The van der Waals surface area contributed by atoms with Gasteiger partial charge in [0.2, 0.25) is 0 Å². The first-order chi connectivity index (χ1) is 9.97. The first-order valence-corrected chi connectivity index (χ1v) is 6.50. The number of ether oxygens (including phenoxy) is 1. The number of esters is 1. The summed E-state index contributed by atoms with van der Waals surface area (Å²) in [5.41, 5.74) is 1.24. The van der Waals surface area contributed by atoms with Gasteiger partial charge in [-0.1, -0.05) is 16.8 Å². The van der Waals surface area contributed by atoms with Gasteiger partial charge in [-0.15, -0.1) is 0 Å². The smallest absolute Gasteiger partial charge is 0.344 e. The summed E-state index contributed by atoms with van der Waals surface area (Å²) in [6.45, 7) is 2.83. The van der Waals surface area contributed by atoms with Gasteiger partial charge in [-0.05, 0) is 38.1 Å². The summed E-state index contributed by atoms with van der Waals surface area (Å²) < 4.78 is 9.79. The molecule has 0 fully saturated rings. The molecule has 21 heavy (non-hydrogen) atoms. The molecule has 6 nitrogen and oxygen atoms in total. The number of halogens is 1. The van der Waals surface area contributed by atoms with E-state index < -0.39 is 18.5 Å². The number of hydrogen-bond donors (Lipinski definition) is 1. The van der Waals surface area contributed by atoms with E-state index in [4.69, 9.17) is 20.9 Å². The van der Waals surface area contributed by atoms with Crippen molar-refractivity contribution in [2.75, 3.05) is 11.9 Å². The van der Waals surface area contributed by atoms with Crippen LogP contribution in [0, 0.1) is 13.8 Å². The van der Waals surface area contributed by atoms with Gasteiger partial charge >= 0.3 is 5.97 Å². The van der Waals surface area contributed by atoms with E-state index in [1.54, 1.807) is 38.1 Å². The van der Waals surface area contributed by atoms with Crippen molar-refractivity contribution in [1.82, 2.24) is 5.16 Å². The molecule has 1 N–H and O–H groups in total. The number of carbonyl (C=O) groups excluding carboxylic acids is 2. The Balaban J connectivity index is 1.89. The molecule has 0 aliphatic carbocycles. The molecule has 1 aromatic heterocycles. The monoisotopic (exact) mass is 308 g/mol. The van der Waals surface area contributed by atoms with Crippen LogP contribution in [-0.2, 0) is 9.53 Å². The van der Waals surface area contributed by atoms with Gasteiger partial charge in [-0.25, -0.2) is 4.79 Å². The number of nitrogens with zero attached hydrogens (tertiary/aromatic N) is 1. The molecular weight excluding hydrogens is 296 g/mol. The maximum Gasteiger partial charge on any atom is 0.344 e. The molecule has 0 unspecified atom stereocenters. The summed E-state index contributed by atoms with van der Waals surface area (Å²) >= 11 is 5.74. The number of aryl methyl sites for hydroxylation is 2. The largest absolute Gasteiger partial charge is 0.452 e. The van der Waals surface area contributed by atoms with E-state index in [-0.39, 0.29) is 5.56 Å². The van der Waals surface area contributed by atoms with Crippen LogP contribution in [0.15, 0.2) is 28.8 Å². The summed E-state index contributed by atoms with van der Waals surface area (Å²) in [5.74, 6) is -0.731. The Morgan fingerprint density at radius 3 is 2.52 bits per heavy atom. The summed E-state index contributed by atoms with van der Waals surface area (Å²) in [4.78, 5) is 23.5. The second kappa shape index (κ2) is 6.41. The molecule has 0 bridgehead atoms. The minimum atomic E-state index is -0.641. The molecule has 0 saturated carbocycles. The van der Waals surface area contributed by atoms with Crippen molar-refractivity contribution < 1.29 is 18.8 Å². The number of nitrogens with one attached hydrogen (secondary N) is 1. The fraction of sp³-hybridized carbons (Fsp3) is 0.214. The van der Waals surface area contributed by atoms with E-state index >= 15 is 0 Å². The summed E-state index contributed by atoms with van der Waals surface area (Å²) in [7, 11) is 0. The zero-order chi connectivity index (χ0) is 15.4. The molecule has 0 spiro atoms. The van der Waals surface area contributed by atoms with Crippen molar-refractivity contribution in [3.8, 4) is 0 Å².